The molecule has 0 saturated carbocycles. The van der Waals surface area contributed by atoms with Gasteiger partial charge in [0.05, 0.1) is 34.1 Å². The summed E-state index contributed by atoms with van der Waals surface area (Å²) in [7, 11) is 0. The minimum atomic E-state index is 0.604. The molecule has 13 aromatic heterocycles. The first-order chi connectivity index (χ1) is 50.6. The third-order valence-corrected chi connectivity index (χ3v) is 18.5. The van der Waals surface area contributed by atoms with Crippen LogP contribution in [0.1, 0.15) is 0 Å². The van der Waals surface area contributed by atoms with Gasteiger partial charge in [-0.3, -0.25) is 0 Å². The molecule has 0 aliphatic rings. The summed E-state index contributed by atoms with van der Waals surface area (Å²) >= 11 is 0. The monoisotopic (exact) mass is 1310 g/mol. The third-order valence-electron chi connectivity index (χ3n) is 18.5. The van der Waals surface area contributed by atoms with Gasteiger partial charge in [-0.15, -0.1) is 0 Å². The first-order valence-electron chi connectivity index (χ1n) is 33.2. The molecule has 19 aromatic rings. The molecule has 0 amide bonds. The predicted molar refractivity (Wildman–Crippen MR) is 405 cm³/mol. The van der Waals surface area contributed by atoms with Crippen molar-refractivity contribution in [2.45, 2.75) is 0 Å². The number of aromatic nitrogens is 18. The maximum Gasteiger partial charge on any atom is 0.161 e. The molecular weight excluding hydrogens is 1260 g/mol. The molecule has 0 N–H and O–H groups in total. The zero-order valence-electron chi connectivity index (χ0n) is 54.2. The molecule has 0 aliphatic carbocycles. The van der Waals surface area contributed by atoms with Gasteiger partial charge in [-0.1, -0.05) is 36.4 Å². The second kappa shape index (κ2) is 24.8. The summed E-state index contributed by atoms with van der Waals surface area (Å²) in [6, 6.07) is 88.6. The van der Waals surface area contributed by atoms with E-state index < -0.39 is 0 Å². The van der Waals surface area contributed by atoms with Crippen LogP contribution in [0.25, 0.3) is 167 Å². The summed E-state index contributed by atoms with van der Waals surface area (Å²) in [6.45, 7) is 0. The number of rotatable bonds is 6. The first kappa shape index (κ1) is 58.8. The van der Waals surface area contributed by atoms with Crippen LogP contribution in [-0.2, 0) is 0 Å². The van der Waals surface area contributed by atoms with Gasteiger partial charge in [-0.2, -0.15) is 0 Å². The number of hydrogen-bond acceptors (Lipinski definition) is 12. The molecule has 0 atom stereocenters. The van der Waals surface area contributed by atoms with E-state index in [9.17, 15) is 0 Å². The number of fused-ring (bicyclic) bond motifs is 18. The summed E-state index contributed by atoms with van der Waals surface area (Å²) in [4.78, 5) is 57.8. The van der Waals surface area contributed by atoms with Crippen molar-refractivity contribution in [3.05, 3.63) is 329 Å². The highest BCUT2D eigenvalue weighted by Gasteiger charge is 2.17. The standard InChI is InChI=1S/C84H54N18/c1-13-55-49-56(14-1)98(74-32-44-92-80-68(74)26-8-38-86-80)58-16-3-18-60(51-58)100(76-34-46-94-82-70(76)28-10-40-88-82)62-20-5-22-64(53-62)102(78-36-48-96-84-72(78)30-12-42-90-84)66-24-6-23-65(54-66)101(77-35-47-95-83-71(77)29-11-41-89-83)63-21-4-19-61(52-63)99(75-33-45-93-81-69(75)27-9-39-87-81)59-17-2-15-57(50-59)97(55)73-31-43-91-79-67(73)25-7-37-85-79/h1-54H. The summed E-state index contributed by atoms with van der Waals surface area (Å²) < 4.78 is 13.8. The lowest BCUT2D eigenvalue weighted by atomic mass is 10.1. The molecular formula is C84H54N18. The highest BCUT2D eigenvalue weighted by atomic mass is 15.1. The van der Waals surface area contributed by atoms with Crippen LogP contribution in [0.3, 0.4) is 0 Å². The summed E-state index contributed by atoms with van der Waals surface area (Å²) in [5.74, 6) is 0. The van der Waals surface area contributed by atoms with Crippen molar-refractivity contribution in [1.29, 1.82) is 0 Å². The van der Waals surface area contributed by atoms with Crippen LogP contribution in [-0.4, -0.2) is 87.2 Å². The highest BCUT2D eigenvalue weighted by molar-refractivity contribution is 5.95. The molecule has 0 unspecified atom stereocenters. The molecule has 0 aliphatic heterocycles. The number of hydrogen-bond donors (Lipinski definition) is 0. The van der Waals surface area contributed by atoms with Gasteiger partial charge in [0.25, 0.3) is 0 Å². The molecule has 18 heteroatoms. The molecule has 6 aromatic carbocycles. The molecule has 0 fully saturated rings. The van der Waals surface area contributed by atoms with E-state index in [2.05, 4.69) is 246 Å². The molecule has 0 radical (unpaired) electrons. The fraction of sp³-hybridized carbons (Fsp3) is 0. The molecule has 18 nitrogen and oxygen atoms in total. The van der Waals surface area contributed by atoms with Gasteiger partial charge in [0.1, 0.15) is 0 Å². The second-order valence-corrected chi connectivity index (χ2v) is 24.4. The first-order valence-corrected chi connectivity index (χ1v) is 33.2. The number of pyridine rings is 12. The Morgan fingerprint density at radius 1 is 0.137 bits per heavy atom. The smallest absolute Gasteiger partial charge is 0.161 e. The van der Waals surface area contributed by atoms with E-state index in [0.717, 1.165) is 133 Å². The van der Waals surface area contributed by atoms with Crippen LogP contribution in [0.15, 0.2) is 329 Å². The topological polar surface area (TPSA) is 184 Å². The van der Waals surface area contributed by atoms with Crippen LogP contribution < -0.4 is 0 Å². The Balaban J connectivity index is 1.07. The summed E-state index contributed by atoms with van der Waals surface area (Å²) in [5, 5.41) is 5.14. The fourth-order valence-corrected chi connectivity index (χ4v) is 14.2. The Hall–Kier alpha value is -14.5. The fourth-order valence-electron chi connectivity index (χ4n) is 14.2. The van der Waals surface area contributed by atoms with Gasteiger partial charge in [0.15, 0.2) is 33.9 Å². The molecule has 0 spiro atoms. The van der Waals surface area contributed by atoms with Crippen LogP contribution >= 0.6 is 0 Å². The van der Waals surface area contributed by atoms with Gasteiger partial charge in [-0.25, -0.2) is 59.8 Å². The Kier molecular flexibility index (Phi) is 14.3. The van der Waals surface area contributed by atoms with Crippen molar-refractivity contribution in [2.75, 3.05) is 0 Å². The summed E-state index contributed by atoms with van der Waals surface area (Å²) in [6.07, 6.45) is 21.7. The maximum atomic E-state index is 4.82. The zero-order chi connectivity index (χ0) is 67.5. The van der Waals surface area contributed by atoms with Crippen molar-refractivity contribution < 1.29 is 0 Å². The average Bonchev–Trinajstić information content (AvgIpc) is 0.745. The predicted octanol–water partition coefficient (Wildman–Crippen LogP) is 18.1. The third kappa shape index (κ3) is 10.3. The van der Waals surface area contributed by atoms with Gasteiger partial charge in [0, 0.05) is 173 Å². The summed E-state index contributed by atoms with van der Waals surface area (Å²) in [5.41, 5.74) is 19.1. The Morgan fingerprint density at radius 3 is 0.422 bits per heavy atom. The van der Waals surface area contributed by atoms with E-state index in [1.54, 1.807) is 37.2 Å². The van der Waals surface area contributed by atoms with Gasteiger partial charge < -0.3 is 27.4 Å². The van der Waals surface area contributed by atoms with E-state index in [1.165, 1.54) is 0 Å². The molecule has 480 valence electrons. The van der Waals surface area contributed by atoms with Crippen LogP contribution in [0.2, 0.25) is 0 Å². The van der Waals surface area contributed by atoms with E-state index in [0.29, 0.717) is 33.9 Å². The van der Waals surface area contributed by atoms with E-state index in [4.69, 9.17) is 59.8 Å². The zero-order valence-corrected chi connectivity index (χ0v) is 54.2. The van der Waals surface area contributed by atoms with Gasteiger partial charge in [0.2, 0.25) is 0 Å². The SMILES string of the molecule is c1cnc2nccc(-n3c4cccc(c4)n(-c4ccnc5ncccc45)c4cccc(c4)n(-c4ccnc5ncccc45)c4cccc(c4)n(-c4ccnc5ncccc45)c4cccc(c4)n(-c4ccnc5ncccc45)c4cccc(c4)n(-c4ccnc5ncccc45)c4cccc3c4)c2c1. The lowest BCUT2D eigenvalue weighted by Crippen LogP contribution is -2.04. The lowest BCUT2D eigenvalue weighted by molar-refractivity contribution is 1.12. The average molecular weight is 1320 g/mol. The Labute approximate surface area is 579 Å². The van der Waals surface area contributed by atoms with Crippen molar-refractivity contribution in [1.82, 2.24) is 87.2 Å². The minimum absolute atomic E-state index is 0.604. The van der Waals surface area contributed by atoms with Crippen molar-refractivity contribution in [3.8, 4) is 34.1 Å². The number of nitrogens with zero attached hydrogens (tertiary/aromatic N) is 18. The minimum Gasteiger partial charge on any atom is -0.310 e. The van der Waals surface area contributed by atoms with Crippen LogP contribution in [0.5, 0.6) is 0 Å². The van der Waals surface area contributed by atoms with Gasteiger partial charge in [-0.05, 0) is 218 Å². The highest BCUT2D eigenvalue weighted by Crippen LogP contribution is 2.34. The molecule has 102 heavy (non-hydrogen) atoms. The molecule has 12 bridgehead atoms. The van der Waals surface area contributed by atoms with E-state index >= 15 is 0 Å². The van der Waals surface area contributed by atoms with Gasteiger partial charge >= 0.3 is 0 Å². The Bertz CT molecular complexity index is 5710. The van der Waals surface area contributed by atoms with E-state index in [1.807, 2.05) is 73.6 Å². The van der Waals surface area contributed by atoms with Crippen molar-refractivity contribution in [2.24, 2.45) is 0 Å². The van der Waals surface area contributed by atoms with Crippen LogP contribution in [0.4, 0.5) is 0 Å². The Morgan fingerprint density at radius 2 is 0.275 bits per heavy atom. The molecule has 19 rings (SSSR count). The lowest BCUT2D eigenvalue weighted by Gasteiger charge is -2.18. The molecule has 13 heterocycles. The van der Waals surface area contributed by atoms with Crippen molar-refractivity contribution in [3.63, 3.8) is 0 Å². The largest absolute Gasteiger partial charge is 0.310 e. The van der Waals surface area contributed by atoms with Crippen LogP contribution in [0, 0.1) is 0 Å². The normalized spacial score (nSPS) is 11.5. The quantitative estimate of drug-likeness (QED) is 0.154. The maximum absolute atomic E-state index is 4.82. The molecule has 0 saturated heterocycles. The second-order valence-electron chi connectivity index (χ2n) is 24.4. The van der Waals surface area contributed by atoms with Crippen molar-refractivity contribution >= 4 is 132 Å². The van der Waals surface area contributed by atoms with E-state index in [-0.39, 0.29) is 0 Å². The number of benzene rings is 6.